The number of hydrogen-bond acceptors (Lipinski definition) is 4. The standard InChI is InChI=1S/C6H8NO4P/c1-12(9,10)11-3-2-6(4-7)5-8/h2-3H2,1H3,(H,9,10). The summed E-state index contributed by atoms with van der Waals surface area (Å²) in [4.78, 5) is 18.5. The maximum Gasteiger partial charge on any atom is 0.325 e. The highest BCUT2D eigenvalue weighted by molar-refractivity contribution is 7.51. The highest BCUT2D eigenvalue weighted by Gasteiger charge is 2.09. The summed E-state index contributed by atoms with van der Waals surface area (Å²) in [6, 6.07) is 1.58. The zero-order chi connectivity index (χ0) is 9.61. The van der Waals surface area contributed by atoms with E-state index in [1.165, 1.54) is 5.94 Å². The van der Waals surface area contributed by atoms with Gasteiger partial charge in [-0.1, -0.05) is 0 Å². The first-order valence-corrected chi connectivity index (χ1v) is 5.11. The van der Waals surface area contributed by atoms with E-state index in [0.29, 0.717) is 0 Å². The van der Waals surface area contributed by atoms with Crippen LogP contribution in [0.25, 0.3) is 0 Å². The second-order valence-electron chi connectivity index (χ2n) is 2.08. The SMILES string of the molecule is CP(=O)(O)OCCC(=C=O)C#N. The number of hydrogen-bond donors (Lipinski definition) is 1. The van der Waals surface area contributed by atoms with Crippen molar-refractivity contribution in [3.8, 4) is 6.07 Å². The molecular weight excluding hydrogens is 181 g/mol. The van der Waals surface area contributed by atoms with Gasteiger partial charge in [-0.3, -0.25) is 4.57 Å². The normalized spacial score (nSPS) is 14.1. The monoisotopic (exact) mass is 189 g/mol. The summed E-state index contributed by atoms with van der Waals surface area (Å²) < 4.78 is 14.9. The van der Waals surface area contributed by atoms with Crippen molar-refractivity contribution in [1.29, 1.82) is 5.26 Å². The summed E-state index contributed by atoms with van der Waals surface area (Å²) in [5.74, 6) is 1.39. The van der Waals surface area contributed by atoms with Crippen molar-refractivity contribution in [2.24, 2.45) is 0 Å². The lowest BCUT2D eigenvalue weighted by Gasteiger charge is -2.04. The van der Waals surface area contributed by atoms with Gasteiger partial charge in [0.25, 0.3) is 0 Å². The largest absolute Gasteiger partial charge is 0.325 e. The quantitative estimate of drug-likeness (QED) is 0.395. The zero-order valence-electron chi connectivity index (χ0n) is 6.48. The second-order valence-corrected chi connectivity index (χ2v) is 3.94. The lowest BCUT2D eigenvalue weighted by atomic mass is 10.2. The molecule has 1 unspecified atom stereocenters. The van der Waals surface area contributed by atoms with E-state index in [1.54, 1.807) is 6.07 Å². The fourth-order valence-electron chi connectivity index (χ4n) is 0.447. The molecule has 0 aliphatic heterocycles. The van der Waals surface area contributed by atoms with E-state index in [4.69, 9.17) is 10.2 Å². The molecular formula is C6H8NO4P. The fraction of sp³-hybridized carbons (Fsp3) is 0.500. The molecule has 0 aliphatic carbocycles. The predicted molar refractivity (Wildman–Crippen MR) is 41.1 cm³/mol. The summed E-state index contributed by atoms with van der Waals surface area (Å²) >= 11 is 0. The maximum atomic E-state index is 10.5. The highest BCUT2D eigenvalue weighted by atomic mass is 31.2. The molecule has 0 fully saturated rings. The van der Waals surface area contributed by atoms with Crippen molar-refractivity contribution < 1.29 is 18.8 Å². The molecule has 5 nitrogen and oxygen atoms in total. The van der Waals surface area contributed by atoms with Crippen molar-refractivity contribution in [1.82, 2.24) is 0 Å². The van der Waals surface area contributed by atoms with Crippen LogP contribution in [0.15, 0.2) is 5.57 Å². The van der Waals surface area contributed by atoms with Crippen LogP contribution in [0, 0.1) is 11.3 Å². The molecule has 0 radical (unpaired) electrons. The second kappa shape index (κ2) is 4.87. The van der Waals surface area contributed by atoms with E-state index < -0.39 is 7.60 Å². The first-order chi connectivity index (χ1) is 5.49. The molecule has 0 aromatic rings. The molecule has 0 aromatic carbocycles. The number of rotatable bonds is 4. The van der Waals surface area contributed by atoms with Gasteiger partial charge in [0.1, 0.15) is 17.6 Å². The summed E-state index contributed by atoms with van der Waals surface area (Å²) in [6.45, 7) is 0.909. The van der Waals surface area contributed by atoms with Crippen molar-refractivity contribution in [2.45, 2.75) is 6.42 Å². The van der Waals surface area contributed by atoms with E-state index in [-0.39, 0.29) is 18.6 Å². The molecule has 1 N–H and O–H groups in total. The van der Waals surface area contributed by atoms with Crippen LogP contribution in [0.2, 0.25) is 0 Å². The summed E-state index contributed by atoms with van der Waals surface area (Å²) in [6.07, 6.45) is 0.0123. The van der Waals surface area contributed by atoms with E-state index in [0.717, 1.165) is 6.66 Å². The Hall–Kier alpha value is -0.910. The number of nitriles is 1. The third-order valence-corrected chi connectivity index (χ3v) is 1.60. The fourth-order valence-corrected chi connectivity index (χ4v) is 0.877. The van der Waals surface area contributed by atoms with Crippen LogP contribution in [0.1, 0.15) is 6.42 Å². The van der Waals surface area contributed by atoms with Crippen molar-refractivity contribution in [3.63, 3.8) is 0 Å². The molecule has 12 heavy (non-hydrogen) atoms. The maximum absolute atomic E-state index is 10.5. The average Bonchev–Trinajstić information content (AvgIpc) is 1.96. The molecule has 0 amide bonds. The van der Waals surface area contributed by atoms with Gasteiger partial charge in [-0.05, 0) is 0 Å². The van der Waals surface area contributed by atoms with Gasteiger partial charge in [-0.25, -0.2) is 4.79 Å². The third kappa shape index (κ3) is 5.84. The van der Waals surface area contributed by atoms with Gasteiger partial charge in [0.15, 0.2) is 0 Å². The minimum absolute atomic E-state index is 0.0123. The highest BCUT2D eigenvalue weighted by Crippen LogP contribution is 2.36. The van der Waals surface area contributed by atoms with Crippen molar-refractivity contribution in [2.75, 3.05) is 13.3 Å². The zero-order valence-corrected chi connectivity index (χ0v) is 7.38. The Balaban J connectivity index is 3.81. The van der Waals surface area contributed by atoms with Crippen molar-refractivity contribution >= 4 is 13.5 Å². The molecule has 0 aliphatic rings. The first kappa shape index (κ1) is 11.1. The van der Waals surface area contributed by atoms with Crippen LogP contribution >= 0.6 is 7.60 Å². The summed E-state index contributed by atoms with van der Waals surface area (Å²) in [5, 5.41) is 8.22. The molecule has 0 aromatic heterocycles. The van der Waals surface area contributed by atoms with E-state index in [9.17, 15) is 9.36 Å². The Morgan fingerprint density at radius 3 is 2.67 bits per heavy atom. The molecule has 66 valence electrons. The lowest BCUT2D eigenvalue weighted by Crippen LogP contribution is -1.93. The van der Waals surface area contributed by atoms with Crippen LogP contribution in [0.5, 0.6) is 0 Å². The Bertz CT molecular complexity index is 280. The molecule has 0 rings (SSSR count). The minimum Gasteiger partial charge on any atom is -0.324 e. The number of nitrogens with zero attached hydrogens (tertiary/aromatic N) is 1. The van der Waals surface area contributed by atoms with E-state index >= 15 is 0 Å². The average molecular weight is 189 g/mol. The molecule has 0 saturated heterocycles. The van der Waals surface area contributed by atoms with Gasteiger partial charge < -0.3 is 9.42 Å². The predicted octanol–water partition coefficient (Wildman–Crippen LogP) is 0.490. The van der Waals surface area contributed by atoms with Crippen LogP contribution in [-0.4, -0.2) is 24.1 Å². The molecule has 6 heteroatoms. The van der Waals surface area contributed by atoms with E-state index in [1.807, 2.05) is 0 Å². The number of carbonyl (C=O) groups excluding carboxylic acids is 1. The van der Waals surface area contributed by atoms with Crippen LogP contribution < -0.4 is 0 Å². The lowest BCUT2D eigenvalue weighted by molar-refractivity contribution is 0.268. The van der Waals surface area contributed by atoms with Gasteiger partial charge in [0.05, 0.1) is 6.61 Å². The van der Waals surface area contributed by atoms with Crippen molar-refractivity contribution in [3.05, 3.63) is 5.57 Å². The van der Waals surface area contributed by atoms with Gasteiger partial charge in [0.2, 0.25) is 0 Å². The summed E-state index contributed by atoms with van der Waals surface area (Å²) in [5.41, 5.74) is -0.122. The Morgan fingerprint density at radius 1 is 1.75 bits per heavy atom. The summed E-state index contributed by atoms with van der Waals surface area (Å²) in [7, 11) is -3.50. The molecule has 0 saturated carbocycles. The third-order valence-electron chi connectivity index (χ3n) is 0.941. The van der Waals surface area contributed by atoms with Crippen LogP contribution in [-0.2, 0) is 13.9 Å². The van der Waals surface area contributed by atoms with E-state index in [2.05, 4.69) is 4.52 Å². The molecule has 0 spiro atoms. The molecule has 0 bridgehead atoms. The minimum atomic E-state index is -3.50. The topological polar surface area (TPSA) is 87.4 Å². The Kier molecular flexibility index (Phi) is 4.50. The smallest absolute Gasteiger partial charge is 0.324 e. The Labute approximate surface area is 69.8 Å². The van der Waals surface area contributed by atoms with Crippen LogP contribution in [0.4, 0.5) is 0 Å². The molecule has 0 heterocycles. The van der Waals surface area contributed by atoms with Gasteiger partial charge in [0, 0.05) is 13.1 Å². The Morgan fingerprint density at radius 2 is 2.33 bits per heavy atom. The molecule has 1 atom stereocenters. The van der Waals surface area contributed by atoms with Gasteiger partial charge in [-0.15, -0.1) is 0 Å². The first-order valence-electron chi connectivity index (χ1n) is 3.08. The van der Waals surface area contributed by atoms with Gasteiger partial charge in [-0.2, -0.15) is 5.26 Å². The van der Waals surface area contributed by atoms with Gasteiger partial charge >= 0.3 is 7.60 Å². The van der Waals surface area contributed by atoms with Crippen LogP contribution in [0.3, 0.4) is 0 Å².